The quantitative estimate of drug-likeness (QED) is 0.543. The molecule has 1 aliphatic rings. The van der Waals surface area contributed by atoms with Gasteiger partial charge in [-0.2, -0.15) is 22.0 Å². The Bertz CT molecular complexity index is 409. The fourth-order valence-corrected chi connectivity index (χ4v) is 2.14. The van der Waals surface area contributed by atoms with Crippen LogP contribution in [0, 0.1) is 5.92 Å². The molecule has 1 amide bonds. The number of nitrogens with one attached hydrogen (secondary N) is 1. The van der Waals surface area contributed by atoms with Gasteiger partial charge in [0.05, 0.1) is 12.6 Å². The molecule has 1 saturated heterocycles. The number of amides is 1. The van der Waals surface area contributed by atoms with E-state index in [0.717, 1.165) is 6.42 Å². The second-order valence-corrected chi connectivity index (χ2v) is 5.44. The van der Waals surface area contributed by atoms with Crippen molar-refractivity contribution in [2.75, 3.05) is 6.54 Å². The second kappa shape index (κ2) is 7.54. The van der Waals surface area contributed by atoms with Gasteiger partial charge < -0.3 is 23.0 Å². The normalized spacial score (nSPS) is 20.5. The Kier molecular flexibility index (Phi) is 7.21. The number of carbonyl (C=O) groups excluding carboxylic acids is 2. The number of quaternary nitrogens is 1. The van der Waals surface area contributed by atoms with Gasteiger partial charge >= 0.3 is 12.1 Å². The lowest BCUT2D eigenvalue weighted by molar-refractivity contribution is -0.657. The fourth-order valence-electron chi connectivity index (χ4n) is 2.14. The molecular weight excluding hydrogens is 335 g/mol. The molecule has 10 heteroatoms. The van der Waals surface area contributed by atoms with Crippen molar-refractivity contribution in [1.82, 2.24) is 5.32 Å². The molecule has 0 aromatic heterocycles. The van der Waals surface area contributed by atoms with Gasteiger partial charge in [0.1, 0.15) is 0 Å². The second-order valence-electron chi connectivity index (χ2n) is 5.44. The standard InChI is InChI=1S/C12H17F5N2O2.ClH/c1-6(2)8(9(20)11(13,14)12(15,16)17)19-10(21)7-4-3-5-18-7;/h6-8,18H,3-5H2,1-2H3,(H,19,21);1H/t7-,8?;/m0./s1. The summed E-state index contributed by atoms with van der Waals surface area (Å²) < 4.78 is 63.0. The molecule has 1 rings (SSSR count). The van der Waals surface area contributed by atoms with E-state index in [-0.39, 0.29) is 12.4 Å². The van der Waals surface area contributed by atoms with Gasteiger partial charge in [0.25, 0.3) is 5.91 Å². The maximum absolute atomic E-state index is 13.1. The zero-order valence-electron chi connectivity index (χ0n) is 12.0. The average Bonchev–Trinajstić information content (AvgIpc) is 2.86. The van der Waals surface area contributed by atoms with Crippen LogP contribution in [-0.2, 0) is 9.59 Å². The summed E-state index contributed by atoms with van der Waals surface area (Å²) in [6.07, 6.45) is -4.72. The van der Waals surface area contributed by atoms with Crippen molar-refractivity contribution < 1.29 is 49.3 Å². The summed E-state index contributed by atoms with van der Waals surface area (Å²) in [6, 6.07) is -2.42. The molecule has 1 unspecified atom stereocenters. The Labute approximate surface area is 130 Å². The highest BCUT2D eigenvalue weighted by molar-refractivity contribution is 5.95. The highest BCUT2D eigenvalue weighted by Crippen LogP contribution is 2.37. The van der Waals surface area contributed by atoms with Crippen LogP contribution < -0.4 is 23.0 Å². The highest BCUT2D eigenvalue weighted by atomic mass is 35.5. The van der Waals surface area contributed by atoms with Crippen LogP contribution >= 0.6 is 0 Å². The van der Waals surface area contributed by atoms with E-state index in [9.17, 15) is 31.5 Å². The van der Waals surface area contributed by atoms with Crippen molar-refractivity contribution in [3.63, 3.8) is 0 Å². The molecule has 0 spiro atoms. The van der Waals surface area contributed by atoms with Crippen molar-refractivity contribution in [1.29, 1.82) is 0 Å². The van der Waals surface area contributed by atoms with Gasteiger partial charge in [0, 0.05) is 12.8 Å². The number of carbonyl (C=O) groups is 2. The molecule has 0 saturated carbocycles. The first-order chi connectivity index (χ1) is 9.48. The van der Waals surface area contributed by atoms with Gasteiger partial charge in [0.2, 0.25) is 5.78 Å². The number of rotatable bonds is 5. The van der Waals surface area contributed by atoms with E-state index in [1.54, 1.807) is 5.32 Å². The van der Waals surface area contributed by atoms with Gasteiger partial charge in [-0.05, 0) is 5.92 Å². The number of ketones is 1. The van der Waals surface area contributed by atoms with Gasteiger partial charge in [0.15, 0.2) is 6.04 Å². The third-order valence-corrected chi connectivity index (χ3v) is 3.42. The molecule has 3 N–H and O–H groups in total. The minimum Gasteiger partial charge on any atom is -1.00 e. The predicted octanol–water partition coefficient (Wildman–Crippen LogP) is -2.38. The number of hydrogen-bond donors (Lipinski definition) is 2. The number of hydrogen-bond acceptors (Lipinski definition) is 2. The van der Waals surface area contributed by atoms with Crippen LogP contribution in [0.3, 0.4) is 0 Å². The Morgan fingerprint density at radius 3 is 2.09 bits per heavy atom. The average molecular weight is 353 g/mol. The number of Topliss-reactive ketones (excluding diaryl/α,β-unsaturated/α-hetero) is 1. The van der Waals surface area contributed by atoms with Crippen molar-refractivity contribution in [3.05, 3.63) is 0 Å². The summed E-state index contributed by atoms with van der Waals surface area (Å²) in [7, 11) is 0. The molecule has 1 aliphatic heterocycles. The van der Waals surface area contributed by atoms with E-state index < -0.39 is 41.8 Å². The molecule has 2 atom stereocenters. The lowest BCUT2D eigenvalue weighted by Crippen LogP contribution is -3.00. The molecule has 4 nitrogen and oxygen atoms in total. The van der Waals surface area contributed by atoms with E-state index in [1.807, 2.05) is 5.32 Å². The largest absolute Gasteiger partial charge is 1.00 e. The monoisotopic (exact) mass is 352 g/mol. The molecule has 0 aromatic carbocycles. The van der Waals surface area contributed by atoms with Gasteiger partial charge in [-0.1, -0.05) is 13.8 Å². The fraction of sp³-hybridized carbons (Fsp3) is 0.833. The Hall–Kier alpha value is -0.960. The maximum atomic E-state index is 13.1. The summed E-state index contributed by atoms with van der Waals surface area (Å²) in [5.41, 5.74) is 0. The lowest BCUT2D eigenvalue weighted by Gasteiger charge is -2.27. The number of nitrogens with two attached hydrogens (primary N) is 1. The van der Waals surface area contributed by atoms with Gasteiger partial charge in [-0.25, -0.2) is 0 Å². The Morgan fingerprint density at radius 2 is 1.73 bits per heavy atom. The summed E-state index contributed by atoms with van der Waals surface area (Å²) in [5.74, 6) is -9.36. The van der Waals surface area contributed by atoms with Crippen LogP contribution in [0.1, 0.15) is 26.7 Å². The van der Waals surface area contributed by atoms with E-state index in [2.05, 4.69) is 0 Å². The maximum Gasteiger partial charge on any atom is 0.461 e. The topological polar surface area (TPSA) is 62.8 Å². The van der Waals surface area contributed by atoms with E-state index in [4.69, 9.17) is 0 Å². The highest BCUT2D eigenvalue weighted by Gasteiger charge is 2.64. The van der Waals surface area contributed by atoms with Crippen molar-refractivity contribution >= 4 is 11.7 Å². The van der Waals surface area contributed by atoms with Crippen molar-refractivity contribution in [2.45, 2.75) is 50.9 Å². The van der Waals surface area contributed by atoms with E-state index in [1.165, 1.54) is 13.8 Å². The summed E-state index contributed by atoms with van der Waals surface area (Å²) in [4.78, 5) is 23.3. The van der Waals surface area contributed by atoms with Crippen LogP contribution in [0.2, 0.25) is 0 Å². The smallest absolute Gasteiger partial charge is 0.461 e. The summed E-state index contributed by atoms with van der Waals surface area (Å²) >= 11 is 0. The summed E-state index contributed by atoms with van der Waals surface area (Å²) in [6.45, 7) is 3.28. The molecule has 0 aromatic rings. The van der Waals surface area contributed by atoms with Crippen LogP contribution in [0.15, 0.2) is 0 Å². The van der Waals surface area contributed by atoms with Crippen LogP contribution in [0.5, 0.6) is 0 Å². The minimum atomic E-state index is -5.97. The van der Waals surface area contributed by atoms with Gasteiger partial charge in [-0.3, -0.25) is 9.59 Å². The third-order valence-electron chi connectivity index (χ3n) is 3.42. The van der Waals surface area contributed by atoms with E-state index >= 15 is 0 Å². The first-order valence-corrected chi connectivity index (χ1v) is 6.61. The first-order valence-electron chi connectivity index (χ1n) is 6.61. The molecule has 130 valence electrons. The molecule has 22 heavy (non-hydrogen) atoms. The molecule has 0 bridgehead atoms. The zero-order chi connectivity index (χ0) is 16.4. The third kappa shape index (κ3) is 4.52. The van der Waals surface area contributed by atoms with Crippen LogP contribution in [0.25, 0.3) is 0 Å². The van der Waals surface area contributed by atoms with E-state index in [0.29, 0.717) is 13.0 Å². The molecular formula is C12H18ClF5N2O2. The number of alkyl halides is 5. The van der Waals surface area contributed by atoms with Crippen molar-refractivity contribution in [2.24, 2.45) is 5.92 Å². The minimum absolute atomic E-state index is 0. The van der Waals surface area contributed by atoms with Crippen LogP contribution in [-0.4, -0.2) is 42.4 Å². The molecule has 0 radical (unpaired) electrons. The Balaban J connectivity index is 0.00000441. The zero-order valence-corrected chi connectivity index (χ0v) is 12.8. The van der Waals surface area contributed by atoms with Crippen molar-refractivity contribution in [3.8, 4) is 0 Å². The van der Waals surface area contributed by atoms with Crippen LogP contribution in [0.4, 0.5) is 22.0 Å². The molecule has 1 heterocycles. The van der Waals surface area contributed by atoms with Gasteiger partial charge in [-0.15, -0.1) is 0 Å². The first kappa shape index (κ1) is 21.0. The predicted molar refractivity (Wildman–Crippen MR) is 62.6 cm³/mol. The number of halogens is 6. The summed E-state index contributed by atoms with van der Waals surface area (Å²) in [5, 5.41) is 3.70. The SMILES string of the molecule is CC(C)C(NC(=O)[C@@H]1CCC[NH2+]1)C(=O)C(F)(F)C(F)(F)F.[Cl-]. The molecule has 0 aliphatic carbocycles. The lowest BCUT2D eigenvalue weighted by atomic mass is 9.95. The Morgan fingerprint density at radius 1 is 1.18 bits per heavy atom. The molecule has 1 fully saturated rings.